The molecule has 0 fully saturated rings. The van der Waals surface area contributed by atoms with Crippen LogP contribution in [0.3, 0.4) is 0 Å². The fourth-order valence-corrected chi connectivity index (χ4v) is 1.67. The summed E-state index contributed by atoms with van der Waals surface area (Å²) in [4.78, 5) is 10.8. The summed E-state index contributed by atoms with van der Waals surface area (Å²) in [6.07, 6.45) is 1.21. The number of anilines is 2. The number of nitrogens with two attached hydrogens (primary N) is 1. The highest BCUT2D eigenvalue weighted by molar-refractivity contribution is 5.49. The number of rotatable bonds is 6. The lowest BCUT2D eigenvalue weighted by Gasteiger charge is -2.27. The summed E-state index contributed by atoms with van der Waals surface area (Å²) in [6, 6.07) is 4.22. The van der Waals surface area contributed by atoms with Gasteiger partial charge in [-0.1, -0.05) is 6.92 Å². The normalized spacial score (nSPS) is 10.2. The summed E-state index contributed by atoms with van der Waals surface area (Å²) in [7, 11) is 0. The summed E-state index contributed by atoms with van der Waals surface area (Å²) < 4.78 is 0. The molecule has 0 radical (unpaired) electrons. The molecule has 0 aliphatic heterocycles. The fourth-order valence-electron chi connectivity index (χ4n) is 1.67. The van der Waals surface area contributed by atoms with E-state index in [0.29, 0.717) is 18.8 Å². The highest BCUT2D eigenvalue weighted by Crippen LogP contribution is 2.18. The van der Waals surface area contributed by atoms with Gasteiger partial charge in [0.1, 0.15) is 17.5 Å². The lowest BCUT2D eigenvalue weighted by atomic mass is 10.2. The fraction of sp³-hybridized carbons (Fsp3) is 0.583. The zero-order valence-corrected chi connectivity index (χ0v) is 11.1. The number of hydrogen-bond acceptors (Lipinski definition) is 6. The number of hydrogen-bond donors (Lipinski definition) is 2. The molecule has 0 unspecified atom stereocenters. The van der Waals surface area contributed by atoms with Crippen molar-refractivity contribution in [3.63, 3.8) is 0 Å². The zero-order chi connectivity index (χ0) is 13.5. The van der Waals surface area contributed by atoms with Crippen molar-refractivity contribution >= 4 is 11.6 Å². The van der Waals surface area contributed by atoms with E-state index < -0.39 is 0 Å². The van der Waals surface area contributed by atoms with Crippen molar-refractivity contribution < 1.29 is 0 Å². The predicted molar refractivity (Wildman–Crippen MR) is 71.9 cm³/mol. The highest BCUT2D eigenvalue weighted by atomic mass is 15.3. The first-order valence-corrected chi connectivity index (χ1v) is 6.10. The third-order valence-corrected chi connectivity index (χ3v) is 2.61. The van der Waals surface area contributed by atoms with Gasteiger partial charge in [0, 0.05) is 25.1 Å². The Hall–Kier alpha value is -1.87. The molecule has 0 amide bonds. The van der Waals surface area contributed by atoms with Crippen LogP contribution in [0.4, 0.5) is 11.6 Å². The summed E-state index contributed by atoms with van der Waals surface area (Å²) >= 11 is 0. The Labute approximate surface area is 108 Å². The van der Waals surface area contributed by atoms with Crippen molar-refractivity contribution in [2.24, 2.45) is 5.84 Å². The molecule has 18 heavy (non-hydrogen) atoms. The van der Waals surface area contributed by atoms with E-state index in [-0.39, 0.29) is 6.04 Å². The number of aromatic nitrogens is 2. The lowest BCUT2D eigenvalue weighted by Crippen LogP contribution is -2.33. The molecule has 0 saturated heterocycles. The molecule has 6 nitrogen and oxygen atoms in total. The van der Waals surface area contributed by atoms with Gasteiger partial charge in [0.25, 0.3) is 0 Å². The molecule has 1 aromatic heterocycles. The molecular formula is C12H20N6. The first-order chi connectivity index (χ1) is 8.62. The van der Waals surface area contributed by atoms with Crippen molar-refractivity contribution in [1.82, 2.24) is 9.97 Å². The van der Waals surface area contributed by atoms with E-state index in [1.807, 2.05) is 6.92 Å². The van der Waals surface area contributed by atoms with E-state index in [2.05, 4.69) is 40.2 Å². The Morgan fingerprint density at radius 2 is 2.22 bits per heavy atom. The predicted octanol–water partition coefficient (Wildman–Crippen LogP) is 1.45. The largest absolute Gasteiger partial charge is 0.353 e. The maximum atomic E-state index is 8.70. The molecule has 1 heterocycles. The van der Waals surface area contributed by atoms with Gasteiger partial charge in [-0.05, 0) is 13.8 Å². The Morgan fingerprint density at radius 3 is 2.72 bits per heavy atom. The highest BCUT2D eigenvalue weighted by Gasteiger charge is 2.13. The summed E-state index contributed by atoms with van der Waals surface area (Å²) in [5, 5.41) is 8.70. The van der Waals surface area contributed by atoms with Gasteiger partial charge in [0.15, 0.2) is 0 Å². The minimum Gasteiger partial charge on any atom is -0.353 e. The molecule has 0 spiro atoms. The van der Waals surface area contributed by atoms with Crippen molar-refractivity contribution in [3.05, 3.63) is 11.9 Å². The maximum Gasteiger partial charge on any atom is 0.145 e. The third kappa shape index (κ3) is 3.57. The molecule has 1 aromatic rings. The van der Waals surface area contributed by atoms with Gasteiger partial charge in [-0.25, -0.2) is 15.8 Å². The van der Waals surface area contributed by atoms with E-state index in [1.54, 1.807) is 6.07 Å². The number of nitriles is 1. The van der Waals surface area contributed by atoms with E-state index in [1.165, 1.54) is 0 Å². The number of nitrogen functional groups attached to an aromatic ring is 1. The Kier molecular flexibility index (Phi) is 5.33. The van der Waals surface area contributed by atoms with Gasteiger partial charge < -0.3 is 10.3 Å². The van der Waals surface area contributed by atoms with E-state index in [9.17, 15) is 0 Å². The minimum absolute atomic E-state index is 0.267. The van der Waals surface area contributed by atoms with E-state index in [4.69, 9.17) is 11.1 Å². The first-order valence-electron chi connectivity index (χ1n) is 6.10. The van der Waals surface area contributed by atoms with Crippen LogP contribution in [0, 0.1) is 11.3 Å². The average Bonchev–Trinajstić information content (AvgIpc) is 2.38. The van der Waals surface area contributed by atoms with Crippen LogP contribution < -0.4 is 16.2 Å². The SMILES string of the molecule is CCc1nc(NN)cc(N(CCC#N)C(C)C)n1. The Bertz CT molecular complexity index is 401. The van der Waals surface area contributed by atoms with Gasteiger partial charge in [-0.15, -0.1) is 0 Å². The first kappa shape index (κ1) is 14.2. The van der Waals surface area contributed by atoms with Crippen LogP contribution >= 0.6 is 0 Å². The molecule has 0 aromatic carbocycles. The van der Waals surface area contributed by atoms with Crippen LogP contribution in [0.2, 0.25) is 0 Å². The second-order valence-electron chi connectivity index (χ2n) is 4.22. The van der Waals surface area contributed by atoms with Crippen LogP contribution in [-0.2, 0) is 6.42 Å². The number of nitrogens with one attached hydrogen (secondary N) is 1. The second-order valence-corrected chi connectivity index (χ2v) is 4.22. The summed E-state index contributed by atoms with van der Waals surface area (Å²) in [5.41, 5.74) is 2.55. The summed E-state index contributed by atoms with van der Waals surface area (Å²) in [5.74, 6) is 7.55. The average molecular weight is 248 g/mol. The summed E-state index contributed by atoms with van der Waals surface area (Å²) in [6.45, 7) is 6.79. The molecule has 0 bridgehead atoms. The van der Waals surface area contributed by atoms with Gasteiger partial charge in [-0.2, -0.15) is 5.26 Å². The quantitative estimate of drug-likeness (QED) is 0.585. The standard InChI is InChI=1S/C12H20N6/c1-4-10-15-11(17-14)8-12(16-10)18(9(2)3)7-5-6-13/h8-9H,4-5,7,14H2,1-3H3,(H,15,16,17). The molecule has 0 aliphatic carbocycles. The molecule has 0 atom stereocenters. The van der Waals surface area contributed by atoms with Crippen LogP contribution in [0.25, 0.3) is 0 Å². The van der Waals surface area contributed by atoms with Gasteiger partial charge in [-0.3, -0.25) is 0 Å². The molecule has 1 rings (SSSR count). The number of aryl methyl sites for hydroxylation is 1. The monoisotopic (exact) mass is 248 g/mol. The van der Waals surface area contributed by atoms with Crippen LogP contribution in [-0.4, -0.2) is 22.6 Å². The van der Waals surface area contributed by atoms with Gasteiger partial charge in [0.05, 0.1) is 12.5 Å². The van der Waals surface area contributed by atoms with Crippen LogP contribution in [0.1, 0.15) is 33.0 Å². The number of hydrazine groups is 1. The smallest absolute Gasteiger partial charge is 0.145 e. The second kappa shape index (κ2) is 6.77. The Balaban J connectivity index is 3.06. The maximum absolute atomic E-state index is 8.70. The number of nitrogens with zero attached hydrogens (tertiary/aromatic N) is 4. The molecular weight excluding hydrogens is 228 g/mol. The van der Waals surface area contributed by atoms with Crippen LogP contribution in [0.15, 0.2) is 6.07 Å². The third-order valence-electron chi connectivity index (χ3n) is 2.61. The van der Waals surface area contributed by atoms with Gasteiger partial charge in [0.2, 0.25) is 0 Å². The van der Waals surface area contributed by atoms with E-state index in [0.717, 1.165) is 18.1 Å². The van der Waals surface area contributed by atoms with Crippen LogP contribution in [0.5, 0.6) is 0 Å². The van der Waals surface area contributed by atoms with Crippen molar-refractivity contribution in [3.8, 4) is 6.07 Å². The van der Waals surface area contributed by atoms with Crippen molar-refractivity contribution in [2.45, 2.75) is 39.7 Å². The molecule has 98 valence electrons. The van der Waals surface area contributed by atoms with Crippen molar-refractivity contribution in [1.29, 1.82) is 5.26 Å². The topological polar surface area (TPSA) is 90.9 Å². The molecule has 0 saturated carbocycles. The minimum atomic E-state index is 0.267. The zero-order valence-electron chi connectivity index (χ0n) is 11.1. The molecule has 3 N–H and O–H groups in total. The van der Waals surface area contributed by atoms with Gasteiger partial charge >= 0.3 is 0 Å². The molecule has 6 heteroatoms. The van der Waals surface area contributed by atoms with Crippen molar-refractivity contribution in [2.75, 3.05) is 16.9 Å². The lowest BCUT2D eigenvalue weighted by molar-refractivity contribution is 0.672. The Morgan fingerprint density at radius 1 is 1.50 bits per heavy atom. The molecule has 0 aliphatic rings. The van der Waals surface area contributed by atoms with E-state index >= 15 is 0 Å².